The molecule has 0 atom stereocenters. The zero-order valence-electron chi connectivity index (χ0n) is 13.6. The maximum absolute atomic E-state index is 13.3. The van der Waals surface area contributed by atoms with Crippen LogP contribution in [-0.2, 0) is 0 Å². The number of aromatic nitrogens is 4. The van der Waals surface area contributed by atoms with Crippen LogP contribution < -0.4 is 4.90 Å². The van der Waals surface area contributed by atoms with Gasteiger partial charge in [-0.1, -0.05) is 24.3 Å². The Kier molecular flexibility index (Phi) is 3.16. The van der Waals surface area contributed by atoms with Crippen molar-refractivity contribution >= 4 is 22.2 Å². The van der Waals surface area contributed by atoms with E-state index in [9.17, 15) is 4.39 Å². The van der Waals surface area contributed by atoms with Gasteiger partial charge in [-0.25, -0.2) is 4.39 Å². The van der Waals surface area contributed by atoms with Crippen molar-refractivity contribution in [2.45, 2.75) is 12.8 Å². The van der Waals surface area contributed by atoms with Gasteiger partial charge in [0.05, 0.1) is 0 Å². The number of nitrogens with zero attached hydrogens (tertiary/aromatic N) is 5. The largest absolute Gasteiger partial charge is 0.355 e. The van der Waals surface area contributed by atoms with Crippen LogP contribution in [0.3, 0.4) is 0 Å². The predicted molar refractivity (Wildman–Crippen MR) is 95.1 cm³/mol. The standard InChI is InChI=1S/C19H16FN5/c20-14-9-7-13(8-10-14)17-21-22-18-15-5-1-2-6-16(15)19(23-25(17)18)24-11-3-4-12-24/h1-2,5-10H,3-4,11-12H2. The molecule has 5 nitrogen and oxygen atoms in total. The number of anilines is 1. The molecule has 0 aliphatic carbocycles. The van der Waals surface area contributed by atoms with Crippen molar-refractivity contribution in [3.8, 4) is 11.4 Å². The summed E-state index contributed by atoms with van der Waals surface area (Å²) in [5.74, 6) is 1.32. The van der Waals surface area contributed by atoms with Gasteiger partial charge in [0.1, 0.15) is 5.82 Å². The second-order valence-electron chi connectivity index (χ2n) is 6.33. The Morgan fingerprint density at radius 3 is 2.32 bits per heavy atom. The van der Waals surface area contributed by atoms with E-state index in [1.54, 1.807) is 16.6 Å². The zero-order valence-corrected chi connectivity index (χ0v) is 13.6. The van der Waals surface area contributed by atoms with Crippen molar-refractivity contribution in [3.63, 3.8) is 0 Å². The van der Waals surface area contributed by atoms with E-state index in [4.69, 9.17) is 5.10 Å². The molecule has 4 aromatic rings. The molecule has 3 heterocycles. The lowest BCUT2D eigenvalue weighted by Gasteiger charge is -2.18. The van der Waals surface area contributed by atoms with Crippen LogP contribution >= 0.6 is 0 Å². The van der Waals surface area contributed by atoms with Crippen LogP contribution in [0, 0.1) is 5.82 Å². The van der Waals surface area contributed by atoms with Crippen LogP contribution in [0.25, 0.3) is 27.8 Å². The van der Waals surface area contributed by atoms with Gasteiger partial charge >= 0.3 is 0 Å². The van der Waals surface area contributed by atoms with Gasteiger partial charge in [0.15, 0.2) is 17.3 Å². The smallest absolute Gasteiger partial charge is 0.186 e. The minimum atomic E-state index is -0.270. The van der Waals surface area contributed by atoms with Crippen molar-refractivity contribution in [2.75, 3.05) is 18.0 Å². The number of benzene rings is 2. The molecule has 0 radical (unpaired) electrons. The highest BCUT2D eigenvalue weighted by atomic mass is 19.1. The average Bonchev–Trinajstić information content (AvgIpc) is 3.31. The minimum absolute atomic E-state index is 0.270. The van der Waals surface area contributed by atoms with Gasteiger partial charge in [0.25, 0.3) is 0 Å². The molecule has 25 heavy (non-hydrogen) atoms. The molecule has 1 saturated heterocycles. The summed E-state index contributed by atoms with van der Waals surface area (Å²) in [6.45, 7) is 2.02. The summed E-state index contributed by atoms with van der Waals surface area (Å²) < 4.78 is 15.0. The molecule has 0 bridgehead atoms. The molecule has 2 aromatic carbocycles. The van der Waals surface area contributed by atoms with Gasteiger partial charge in [-0.15, -0.1) is 15.3 Å². The molecule has 0 amide bonds. The van der Waals surface area contributed by atoms with Crippen molar-refractivity contribution in [2.24, 2.45) is 0 Å². The summed E-state index contributed by atoms with van der Waals surface area (Å²) in [5.41, 5.74) is 1.52. The van der Waals surface area contributed by atoms with Crippen LogP contribution in [0.15, 0.2) is 48.5 Å². The predicted octanol–water partition coefficient (Wildman–Crippen LogP) is 3.68. The van der Waals surface area contributed by atoms with Crippen LogP contribution in [-0.4, -0.2) is 32.9 Å². The Labute approximate surface area is 143 Å². The zero-order chi connectivity index (χ0) is 16.8. The van der Waals surface area contributed by atoms with E-state index in [1.165, 1.54) is 25.0 Å². The molecule has 0 saturated carbocycles. The Morgan fingerprint density at radius 1 is 0.840 bits per heavy atom. The second kappa shape index (κ2) is 5.51. The molecule has 0 N–H and O–H groups in total. The topological polar surface area (TPSA) is 46.3 Å². The molecule has 1 fully saturated rings. The first-order chi connectivity index (χ1) is 12.3. The van der Waals surface area contributed by atoms with Gasteiger partial charge in [-0.2, -0.15) is 4.52 Å². The minimum Gasteiger partial charge on any atom is -0.355 e. The normalized spacial score (nSPS) is 14.7. The molecular formula is C19H16FN5. The Morgan fingerprint density at radius 2 is 1.56 bits per heavy atom. The first-order valence-corrected chi connectivity index (χ1v) is 8.46. The van der Waals surface area contributed by atoms with E-state index in [1.807, 2.05) is 12.1 Å². The number of fused-ring (bicyclic) bond motifs is 3. The van der Waals surface area contributed by atoms with E-state index in [-0.39, 0.29) is 5.82 Å². The van der Waals surface area contributed by atoms with Gasteiger partial charge in [0.2, 0.25) is 0 Å². The molecular weight excluding hydrogens is 317 g/mol. The van der Waals surface area contributed by atoms with Crippen LogP contribution in [0.1, 0.15) is 12.8 Å². The first-order valence-electron chi connectivity index (χ1n) is 8.46. The van der Waals surface area contributed by atoms with E-state index in [0.717, 1.165) is 40.9 Å². The maximum atomic E-state index is 13.3. The third-order valence-electron chi connectivity index (χ3n) is 4.75. The summed E-state index contributed by atoms with van der Waals surface area (Å²) in [5, 5.41) is 15.7. The van der Waals surface area contributed by atoms with Gasteiger partial charge in [-0.05, 0) is 37.1 Å². The van der Waals surface area contributed by atoms with Crippen molar-refractivity contribution in [3.05, 3.63) is 54.3 Å². The van der Waals surface area contributed by atoms with Crippen LogP contribution in [0.5, 0.6) is 0 Å². The average molecular weight is 333 g/mol. The van der Waals surface area contributed by atoms with Crippen molar-refractivity contribution < 1.29 is 4.39 Å². The monoisotopic (exact) mass is 333 g/mol. The number of hydrogen-bond donors (Lipinski definition) is 0. The van der Waals surface area contributed by atoms with E-state index in [0.29, 0.717) is 5.82 Å². The van der Waals surface area contributed by atoms with Crippen molar-refractivity contribution in [1.82, 2.24) is 19.8 Å². The summed E-state index contributed by atoms with van der Waals surface area (Å²) in [7, 11) is 0. The van der Waals surface area contributed by atoms with Crippen molar-refractivity contribution in [1.29, 1.82) is 0 Å². The lowest BCUT2D eigenvalue weighted by molar-refractivity contribution is 0.628. The molecule has 0 unspecified atom stereocenters. The van der Waals surface area contributed by atoms with Crippen LogP contribution in [0.2, 0.25) is 0 Å². The quantitative estimate of drug-likeness (QED) is 0.561. The second-order valence-corrected chi connectivity index (χ2v) is 6.33. The molecule has 1 aliphatic heterocycles. The van der Waals surface area contributed by atoms with Crippen LogP contribution in [0.4, 0.5) is 10.2 Å². The van der Waals surface area contributed by atoms with Gasteiger partial charge in [0, 0.05) is 29.4 Å². The number of halogens is 1. The Hall–Kier alpha value is -3.02. The molecule has 6 heteroatoms. The molecule has 2 aromatic heterocycles. The third-order valence-corrected chi connectivity index (χ3v) is 4.75. The summed E-state index contributed by atoms with van der Waals surface area (Å²) in [6, 6.07) is 14.4. The molecule has 5 rings (SSSR count). The highest BCUT2D eigenvalue weighted by Gasteiger charge is 2.20. The third kappa shape index (κ3) is 2.25. The lowest BCUT2D eigenvalue weighted by atomic mass is 10.1. The summed E-state index contributed by atoms with van der Waals surface area (Å²) in [4.78, 5) is 2.32. The maximum Gasteiger partial charge on any atom is 0.186 e. The number of hydrogen-bond acceptors (Lipinski definition) is 4. The Balaban J connectivity index is 1.80. The molecule has 124 valence electrons. The fourth-order valence-corrected chi connectivity index (χ4v) is 3.51. The van der Waals surface area contributed by atoms with E-state index in [2.05, 4.69) is 27.2 Å². The SMILES string of the molecule is Fc1ccc(-c2nnc3c4ccccc4c(N4CCCC4)nn23)cc1. The number of rotatable bonds is 2. The fourth-order valence-electron chi connectivity index (χ4n) is 3.51. The van der Waals surface area contributed by atoms with E-state index < -0.39 is 0 Å². The highest BCUT2D eigenvalue weighted by Crippen LogP contribution is 2.31. The van der Waals surface area contributed by atoms with Gasteiger partial charge in [-0.3, -0.25) is 0 Å². The fraction of sp³-hybridized carbons (Fsp3) is 0.211. The van der Waals surface area contributed by atoms with Gasteiger partial charge < -0.3 is 4.90 Å². The lowest BCUT2D eigenvalue weighted by Crippen LogP contribution is -2.20. The van der Waals surface area contributed by atoms with E-state index >= 15 is 0 Å². The summed E-state index contributed by atoms with van der Waals surface area (Å²) >= 11 is 0. The first kappa shape index (κ1) is 14.3. The molecule has 0 spiro atoms. The highest BCUT2D eigenvalue weighted by molar-refractivity contribution is 6.00. The summed E-state index contributed by atoms with van der Waals surface area (Å²) in [6.07, 6.45) is 2.36. The Bertz CT molecular complexity index is 1060. The molecule has 1 aliphatic rings.